The average Bonchev–Trinajstić information content (AvgIpc) is 3.13. The van der Waals surface area contributed by atoms with E-state index >= 15 is 0 Å². The number of nitrogens with zero attached hydrogens (tertiary/aromatic N) is 1. The first-order valence-corrected chi connectivity index (χ1v) is 10.5. The van der Waals surface area contributed by atoms with Crippen molar-refractivity contribution in [1.82, 2.24) is 4.90 Å². The van der Waals surface area contributed by atoms with Gasteiger partial charge in [-0.2, -0.15) is 0 Å². The van der Waals surface area contributed by atoms with E-state index in [2.05, 4.69) is 0 Å². The Morgan fingerprint density at radius 3 is 2.58 bits per heavy atom. The molecule has 0 unspecified atom stereocenters. The number of ketones is 1. The Morgan fingerprint density at radius 2 is 1.91 bits per heavy atom. The Kier molecular flexibility index (Phi) is 6.41. The molecule has 1 atom stereocenters. The number of phenols is 2. The normalized spacial score (nSPS) is 17.5. The van der Waals surface area contributed by atoms with E-state index in [1.165, 1.54) is 32.4 Å². The van der Waals surface area contributed by atoms with Crippen LogP contribution < -0.4 is 9.47 Å². The van der Waals surface area contributed by atoms with Crippen LogP contribution in [0.2, 0.25) is 0 Å². The van der Waals surface area contributed by atoms with Crippen molar-refractivity contribution in [3.05, 3.63) is 59.0 Å². The lowest BCUT2D eigenvalue weighted by atomic mass is 9.86. The summed E-state index contributed by atoms with van der Waals surface area (Å²) in [4.78, 5) is 27.2. The van der Waals surface area contributed by atoms with Crippen LogP contribution in [0.15, 0.2) is 42.3 Å². The highest BCUT2D eigenvalue weighted by Crippen LogP contribution is 2.47. The lowest BCUT2D eigenvalue weighted by molar-refractivity contribution is -0.140. The van der Waals surface area contributed by atoms with Gasteiger partial charge in [-0.05, 0) is 29.8 Å². The number of aromatic hydroxyl groups is 2. The van der Waals surface area contributed by atoms with Gasteiger partial charge in [0.15, 0.2) is 17.3 Å². The maximum atomic E-state index is 13.0. The predicted molar refractivity (Wildman–Crippen MR) is 117 cm³/mol. The minimum absolute atomic E-state index is 0.123. The summed E-state index contributed by atoms with van der Waals surface area (Å²) in [6.07, 6.45) is 1.51. The Bertz CT molecular complexity index is 1100. The summed E-state index contributed by atoms with van der Waals surface area (Å²) < 4.78 is 21.3. The molecule has 2 aliphatic heterocycles. The molecule has 2 aromatic rings. The van der Waals surface area contributed by atoms with Gasteiger partial charge in [-0.1, -0.05) is 6.07 Å². The first kappa shape index (κ1) is 22.5. The summed E-state index contributed by atoms with van der Waals surface area (Å²) in [6, 6.07) is 7.59. The van der Waals surface area contributed by atoms with E-state index < -0.39 is 11.9 Å². The third kappa shape index (κ3) is 4.45. The number of morpholine rings is 1. The molecule has 2 aromatic carbocycles. The van der Waals surface area contributed by atoms with Crippen LogP contribution in [0.1, 0.15) is 33.8 Å². The second-order valence-electron chi connectivity index (χ2n) is 7.71. The number of phenolic OH excluding ortho intramolecular Hbond substituents is 2. The second kappa shape index (κ2) is 9.41. The molecule has 0 aromatic heterocycles. The number of Topliss-reactive ketones (excluding diaryl/α,β-unsaturated/α-hetero) is 1. The van der Waals surface area contributed by atoms with Crippen LogP contribution in [0.5, 0.6) is 23.0 Å². The van der Waals surface area contributed by atoms with Gasteiger partial charge >= 0.3 is 5.97 Å². The number of carbonyl (C=O) groups excluding carboxylic acids is 2. The predicted octanol–water partition coefficient (Wildman–Crippen LogP) is 2.55. The number of ether oxygens (including phenoxy) is 4. The smallest absolute Gasteiger partial charge is 0.306 e. The lowest BCUT2D eigenvalue weighted by Gasteiger charge is -2.25. The molecule has 9 heteroatoms. The summed E-state index contributed by atoms with van der Waals surface area (Å²) in [5.74, 6) is -1.27. The van der Waals surface area contributed by atoms with Crippen LogP contribution in [0, 0.1) is 0 Å². The Balaban J connectivity index is 1.78. The van der Waals surface area contributed by atoms with Gasteiger partial charge in [0.1, 0.15) is 11.5 Å². The highest BCUT2D eigenvalue weighted by molar-refractivity contribution is 6.12. The van der Waals surface area contributed by atoms with Gasteiger partial charge in [0.2, 0.25) is 5.78 Å². The maximum Gasteiger partial charge on any atom is 0.306 e. The zero-order chi connectivity index (χ0) is 23.5. The van der Waals surface area contributed by atoms with Crippen LogP contribution in [0.3, 0.4) is 0 Å². The number of benzene rings is 2. The van der Waals surface area contributed by atoms with Gasteiger partial charge in [-0.3, -0.25) is 9.59 Å². The van der Waals surface area contributed by atoms with Crippen molar-refractivity contribution in [2.24, 2.45) is 0 Å². The second-order valence-corrected chi connectivity index (χ2v) is 7.71. The zero-order valence-corrected chi connectivity index (χ0v) is 18.4. The Morgan fingerprint density at radius 1 is 1.15 bits per heavy atom. The maximum absolute atomic E-state index is 13.0. The number of allylic oxidation sites excluding steroid dienone is 1. The molecule has 2 heterocycles. The highest BCUT2D eigenvalue weighted by atomic mass is 16.5. The fraction of sp³-hybridized carbons (Fsp3) is 0.333. The van der Waals surface area contributed by atoms with Crippen LogP contribution in [0.4, 0.5) is 0 Å². The third-order valence-corrected chi connectivity index (χ3v) is 5.75. The number of hydrogen-bond donors (Lipinski definition) is 2. The molecular formula is C24H25NO8. The number of rotatable bonds is 6. The SMILES string of the molecule is COC(=O)C[C@@H](c1ccc(OC)c(O)c1)c1c(O)ccc2c1O/C(=C\N1CCOCC1)C2=O. The molecule has 9 nitrogen and oxygen atoms in total. The monoisotopic (exact) mass is 455 g/mol. The van der Waals surface area contributed by atoms with Gasteiger partial charge in [-0.25, -0.2) is 0 Å². The standard InChI is InChI=1S/C24H25NO8/c1-30-19-6-3-14(11-18(19)27)16(12-21(28)31-2)22-17(26)5-4-15-23(29)20(33-24(15)22)13-25-7-9-32-10-8-25/h3-6,11,13,16,26-27H,7-10,12H2,1-2H3/b20-13-/t16-/m0/s1. The molecule has 0 spiro atoms. The van der Waals surface area contributed by atoms with Crippen LogP contribution >= 0.6 is 0 Å². The van der Waals surface area contributed by atoms with Gasteiger partial charge in [0.25, 0.3) is 0 Å². The van der Waals surface area contributed by atoms with Crippen molar-refractivity contribution >= 4 is 11.8 Å². The molecule has 0 saturated carbocycles. The number of hydrogen-bond acceptors (Lipinski definition) is 9. The number of carbonyl (C=O) groups is 2. The van der Waals surface area contributed by atoms with E-state index in [9.17, 15) is 19.8 Å². The number of fused-ring (bicyclic) bond motifs is 1. The minimum atomic E-state index is -0.750. The van der Waals surface area contributed by atoms with E-state index in [4.69, 9.17) is 18.9 Å². The van der Waals surface area contributed by atoms with Crippen molar-refractivity contribution in [2.75, 3.05) is 40.5 Å². The first-order valence-electron chi connectivity index (χ1n) is 10.5. The quantitative estimate of drug-likeness (QED) is 0.501. The van der Waals surface area contributed by atoms with E-state index in [1.807, 2.05) is 4.90 Å². The van der Waals surface area contributed by atoms with E-state index in [-0.39, 0.29) is 52.1 Å². The molecule has 0 amide bonds. The van der Waals surface area contributed by atoms with Gasteiger partial charge in [0, 0.05) is 30.8 Å². The van der Waals surface area contributed by atoms with E-state index in [0.29, 0.717) is 31.9 Å². The van der Waals surface area contributed by atoms with Crippen molar-refractivity contribution in [2.45, 2.75) is 12.3 Å². The molecule has 2 aliphatic rings. The minimum Gasteiger partial charge on any atom is -0.508 e. The lowest BCUT2D eigenvalue weighted by Crippen LogP contribution is -2.32. The van der Waals surface area contributed by atoms with E-state index in [1.54, 1.807) is 18.3 Å². The van der Waals surface area contributed by atoms with Crippen molar-refractivity contribution in [1.29, 1.82) is 0 Å². The molecule has 2 N–H and O–H groups in total. The largest absolute Gasteiger partial charge is 0.508 e. The van der Waals surface area contributed by atoms with Gasteiger partial charge < -0.3 is 34.1 Å². The van der Waals surface area contributed by atoms with Gasteiger partial charge in [0.05, 0.1) is 39.4 Å². The number of methoxy groups -OCH3 is 2. The summed E-state index contributed by atoms with van der Waals surface area (Å²) in [7, 11) is 2.70. The molecule has 0 radical (unpaired) electrons. The molecular weight excluding hydrogens is 430 g/mol. The van der Waals surface area contributed by atoms with Crippen molar-refractivity contribution in [3.63, 3.8) is 0 Å². The molecule has 33 heavy (non-hydrogen) atoms. The third-order valence-electron chi connectivity index (χ3n) is 5.75. The van der Waals surface area contributed by atoms with Crippen molar-refractivity contribution < 1.29 is 38.7 Å². The summed E-state index contributed by atoms with van der Waals surface area (Å²) >= 11 is 0. The molecule has 4 rings (SSSR count). The highest BCUT2D eigenvalue weighted by Gasteiger charge is 2.36. The fourth-order valence-corrected chi connectivity index (χ4v) is 4.02. The molecule has 0 bridgehead atoms. The first-order chi connectivity index (χ1) is 15.9. The number of esters is 1. The molecule has 1 fully saturated rings. The van der Waals surface area contributed by atoms with E-state index in [0.717, 1.165) is 0 Å². The summed E-state index contributed by atoms with van der Waals surface area (Å²) in [6.45, 7) is 2.37. The topological polar surface area (TPSA) is 115 Å². The molecule has 1 saturated heterocycles. The summed E-state index contributed by atoms with van der Waals surface area (Å²) in [5, 5.41) is 21.1. The van der Waals surface area contributed by atoms with Crippen molar-refractivity contribution in [3.8, 4) is 23.0 Å². The molecule has 0 aliphatic carbocycles. The summed E-state index contributed by atoms with van der Waals surface area (Å²) in [5.41, 5.74) is 1.07. The van der Waals surface area contributed by atoms with Crippen LogP contribution in [0.25, 0.3) is 0 Å². The fourth-order valence-electron chi connectivity index (χ4n) is 4.02. The zero-order valence-electron chi connectivity index (χ0n) is 18.4. The Labute approximate surface area is 190 Å². The van der Waals surface area contributed by atoms with Crippen LogP contribution in [-0.2, 0) is 14.3 Å². The Hall–Kier alpha value is -3.72. The molecule has 174 valence electrons. The van der Waals surface area contributed by atoms with Crippen LogP contribution in [-0.4, -0.2) is 67.4 Å². The average molecular weight is 455 g/mol. The van der Waals surface area contributed by atoms with Gasteiger partial charge in [-0.15, -0.1) is 0 Å².